The Labute approximate surface area is 137 Å². The van der Waals surface area contributed by atoms with Crippen LogP contribution in [0.2, 0.25) is 0 Å². The second-order valence-corrected chi connectivity index (χ2v) is 6.51. The number of nitrogens with one attached hydrogen (secondary N) is 1. The fraction of sp³-hybridized carbons (Fsp3) is 0.333. The van der Waals surface area contributed by atoms with Crippen molar-refractivity contribution in [3.05, 3.63) is 41.6 Å². The van der Waals surface area contributed by atoms with Gasteiger partial charge in [-0.1, -0.05) is 11.8 Å². The van der Waals surface area contributed by atoms with Crippen LogP contribution in [0, 0.1) is 13.8 Å². The van der Waals surface area contributed by atoms with E-state index in [1.54, 1.807) is 16.8 Å². The molecule has 0 aromatic carbocycles. The van der Waals surface area contributed by atoms with Crippen LogP contribution >= 0.6 is 11.8 Å². The molecule has 3 rings (SSSR count). The van der Waals surface area contributed by atoms with E-state index in [1.165, 1.54) is 11.8 Å². The lowest BCUT2D eigenvalue weighted by Gasteiger charge is -2.08. The third kappa shape index (κ3) is 3.53. The van der Waals surface area contributed by atoms with Gasteiger partial charge >= 0.3 is 0 Å². The highest BCUT2D eigenvalue weighted by atomic mass is 32.2. The van der Waals surface area contributed by atoms with Crippen LogP contribution in [-0.2, 0) is 11.3 Å². The van der Waals surface area contributed by atoms with Crippen LogP contribution in [0.25, 0.3) is 5.78 Å². The number of hydrogen-bond donors (Lipinski definition) is 1. The van der Waals surface area contributed by atoms with E-state index in [0.717, 1.165) is 17.1 Å². The molecule has 1 amide bonds. The van der Waals surface area contributed by atoms with Gasteiger partial charge in [0.1, 0.15) is 5.76 Å². The molecule has 1 atom stereocenters. The number of rotatable bonds is 5. The molecule has 1 N–H and O–H groups in total. The highest BCUT2D eigenvalue weighted by Crippen LogP contribution is 2.20. The van der Waals surface area contributed by atoms with Crippen LogP contribution in [0.1, 0.15) is 24.1 Å². The number of aryl methyl sites for hydroxylation is 2. The van der Waals surface area contributed by atoms with Crippen molar-refractivity contribution in [3.8, 4) is 0 Å². The first-order valence-electron chi connectivity index (χ1n) is 7.20. The van der Waals surface area contributed by atoms with Crippen molar-refractivity contribution in [1.82, 2.24) is 24.9 Å². The topological polar surface area (TPSA) is 85.3 Å². The van der Waals surface area contributed by atoms with Crippen molar-refractivity contribution in [1.29, 1.82) is 0 Å². The van der Waals surface area contributed by atoms with Gasteiger partial charge in [-0.15, -0.1) is 5.10 Å². The van der Waals surface area contributed by atoms with Gasteiger partial charge in [-0.2, -0.15) is 4.98 Å². The van der Waals surface area contributed by atoms with Crippen LogP contribution in [0.15, 0.2) is 34.0 Å². The molecule has 3 aromatic heterocycles. The summed E-state index contributed by atoms with van der Waals surface area (Å²) in [7, 11) is 0. The quantitative estimate of drug-likeness (QED) is 0.721. The van der Waals surface area contributed by atoms with Crippen LogP contribution < -0.4 is 5.32 Å². The molecule has 8 heteroatoms. The molecule has 0 spiro atoms. The Kier molecular flexibility index (Phi) is 4.33. The standard InChI is InChI=1S/C15H17N5O2S/c1-9-7-10(2)20-14(17-9)18-15(19-20)23-11(3)13(21)16-8-12-5-4-6-22-12/h4-7,11H,8H2,1-3H3,(H,16,21)/t11-/m0/s1. The zero-order valence-corrected chi connectivity index (χ0v) is 13.9. The largest absolute Gasteiger partial charge is 0.467 e. The van der Waals surface area contributed by atoms with Crippen LogP contribution in [0.4, 0.5) is 0 Å². The van der Waals surface area contributed by atoms with Crippen molar-refractivity contribution in [2.45, 2.75) is 37.7 Å². The Hall–Kier alpha value is -2.35. The molecule has 0 unspecified atom stereocenters. The fourth-order valence-corrected chi connectivity index (χ4v) is 2.91. The first kappa shape index (κ1) is 15.5. The molecular weight excluding hydrogens is 314 g/mol. The summed E-state index contributed by atoms with van der Waals surface area (Å²) in [4.78, 5) is 20.8. The maximum Gasteiger partial charge on any atom is 0.253 e. The molecule has 0 radical (unpaired) electrons. The Morgan fingerprint density at radius 2 is 2.26 bits per heavy atom. The zero-order chi connectivity index (χ0) is 16.4. The lowest BCUT2D eigenvalue weighted by Crippen LogP contribution is -2.30. The molecule has 0 aliphatic carbocycles. The van der Waals surface area contributed by atoms with Crippen LogP contribution in [-0.4, -0.2) is 30.7 Å². The van der Waals surface area contributed by atoms with E-state index in [-0.39, 0.29) is 11.2 Å². The van der Waals surface area contributed by atoms with E-state index in [0.29, 0.717) is 17.5 Å². The number of nitrogens with zero attached hydrogens (tertiary/aromatic N) is 4. The van der Waals surface area contributed by atoms with Crippen molar-refractivity contribution in [2.75, 3.05) is 0 Å². The summed E-state index contributed by atoms with van der Waals surface area (Å²) in [5, 5.41) is 7.44. The zero-order valence-electron chi connectivity index (χ0n) is 13.1. The van der Waals surface area contributed by atoms with Crippen molar-refractivity contribution in [2.24, 2.45) is 0 Å². The molecule has 0 aliphatic rings. The van der Waals surface area contributed by atoms with Gasteiger partial charge in [-0.25, -0.2) is 9.50 Å². The van der Waals surface area contributed by atoms with E-state index in [9.17, 15) is 4.79 Å². The number of carbonyl (C=O) groups excluding carboxylic acids is 1. The Balaban J connectivity index is 1.66. The first-order chi connectivity index (χ1) is 11.0. The van der Waals surface area contributed by atoms with E-state index in [4.69, 9.17) is 4.42 Å². The minimum absolute atomic E-state index is 0.0916. The highest BCUT2D eigenvalue weighted by Gasteiger charge is 2.18. The van der Waals surface area contributed by atoms with Crippen molar-refractivity contribution < 1.29 is 9.21 Å². The van der Waals surface area contributed by atoms with Gasteiger partial charge in [-0.05, 0) is 39.0 Å². The molecule has 0 fully saturated rings. The number of amides is 1. The van der Waals surface area contributed by atoms with Crippen molar-refractivity contribution in [3.63, 3.8) is 0 Å². The average molecular weight is 331 g/mol. The lowest BCUT2D eigenvalue weighted by atomic mass is 10.4. The SMILES string of the molecule is Cc1cc(C)n2nc(S[C@@H](C)C(=O)NCc3ccco3)nc2n1. The third-order valence-corrected chi connectivity index (χ3v) is 4.22. The van der Waals surface area contributed by atoms with E-state index < -0.39 is 0 Å². The van der Waals surface area contributed by atoms with Gasteiger partial charge in [0.25, 0.3) is 5.78 Å². The van der Waals surface area contributed by atoms with Crippen molar-refractivity contribution >= 4 is 23.4 Å². The average Bonchev–Trinajstić information content (AvgIpc) is 3.13. The van der Waals surface area contributed by atoms with Crippen LogP contribution in [0.5, 0.6) is 0 Å². The van der Waals surface area contributed by atoms with Crippen LogP contribution in [0.3, 0.4) is 0 Å². The predicted molar refractivity (Wildman–Crippen MR) is 86.1 cm³/mol. The van der Waals surface area contributed by atoms with E-state index in [2.05, 4.69) is 20.4 Å². The summed E-state index contributed by atoms with van der Waals surface area (Å²) < 4.78 is 6.87. The summed E-state index contributed by atoms with van der Waals surface area (Å²) in [6, 6.07) is 5.55. The number of fused-ring (bicyclic) bond motifs is 1. The predicted octanol–water partition coefficient (Wildman–Crippen LogP) is 2.13. The molecule has 120 valence electrons. The number of thioether (sulfide) groups is 1. The number of aromatic nitrogens is 4. The number of furan rings is 1. The van der Waals surface area contributed by atoms with Gasteiger partial charge < -0.3 is 9.73 Å². The van der Waals surface area contributed by atoms with Gasteiger partial charge in [-0.3, -0.25) is 4.79 Å². The number of hydrogen-bond acceptors (Lipinski definition) is 6. The smallest absolute Gasteiger partial charge is 0.253 e. The minimum atomic E-state index is -0.316. The second-order valence-electron chi connectivity index (χ2n) is 5.20. The monoisotopic (exact) mass is 331 g/mol. The molecular formula is C15H17N5O2S. The minimum Gasteiger partial charge on any atom is -0.467 e. The second kappa shape index (κ2) is 6.41. The van der Waals surface area contributed by atoms with Gasteiger partial charge in [0.05, 0.1) is 18.1 Å². The van der Waals surface area contributed by atoms with E-state index in [1.807, 2.05) is 32.9 Å². The van der Waals surface area contributed by atoms with E-state index >= 15 is 0 Å². The maximum absolute atomic E-state index is 12.1. The van der Waals surface area contributed by atoms with Gasteiger partial charge in [0.15, 0.2) is 0 Å². The third-order valence-electron chi connectivity index (χ3n) is 3.27. The normalized spacial score (nSPS) is 12.5. The molecule has 0 aliphatic heterocycles. The maximum atomic E-state index is 12.1. The molecule has 3 heterocycles. The summed E-state index contributed by atoms with van der Waals surface area (Å²) in [5.41, 5.74) is 1.85. The fourth-order valence-electron chi connectivity index (χ4n) is 2.14. The highest BCUT2D eigenvalue weighted by molar-refractivity contribution is 8.00. The summed E-state index contributed by atoms with van der Waals surface area (Å²) in [5.74, 6) is 1.18. The molecule has 3 aromatic rings. The summed E-state index contributed by atoms with van der Waals surface area (Å²) in [6.45, 7) is 6.05. The molecule has 0 saturated carbocycles. The van der Waals surface area contributed by atoms with Gasteiger partial charge in [0.2, 0.25) is 11.1 Å². The summed E-state index contributed by atoms with van der Waals surface area (Å²) >= 11 is 1.30. The first-order valence-corrected chi connectivity index (χ1v) is 8.08. The molecule has 23 heavy (non-hydrogen) atoms. The Morgan fingerprint density at radius 3 is 3.00 bits per heavy atom. The summed E-state index contributed by atoms with van der Waals surface area (Å²) in [6.07, 6.45) is 1.58. The lowest BCUT2D eigenvalue weighted by molar-refractivity contribution is -0.120. The Morgan fingerprint density at radius 1 is 1.43 bits per heavy atom. The molecule has 0 saturated heterocycles. The molecule has 0 bridgehead atoms. The molecule has 7 nitrogen and oxygen atoms in total. The Bertz CT molecular complexity index is 828. The van der Waals surface area contributed by atoms with Gasteiger partial charge in [0, 0.05) is 11.4 Å². The number of carbonyl (C=O) groups is 1.